The van der Waals surface area contributed by atoms with Gasteiger partial charge in [0.25, 0.3) is 0 Å². The normalized spacial score (nSPS) is 16.4. The topological polar surface area (TPSA) is 75.3 Å². The van der Waals surface area contributed by atoms with Crippen LogP contribution in [-0.4, -0.2) is 24.2 Å². The summed E-state index contributed by atoms with van der Waals surface area (Å²) in [6.45, 7) is 0.962. The van der Waals surface area contributed by atoms with Crippen LogP contribution < -0.4 is 11.1 Å². The second-order valence-corrected chi connectivity index (χ2v) is 4.65. The monoisotopic (exact) mass is 256 g/mol. The van der Waals surface area contributed by atoms with E-state index in [1.807, 2.05) is 0 Å². The highest BCUT2D eigenvalue weighted by molar-refractivity contribution is 5.88. The molecule has 2 rings (SSSR count). The molecule has 1 aromatic carbocycles. The zero-order valence-electron chi connectivity index (χ0n) is 9.67. The molecule has 1 aliphatic rings. The van der Waals surface area contributed by atoms with Crippen molar-refractivity contribution in [3.8, 4) is 0 Å². The number of carboxylic acid groups (broad SMARTS) is 1. The number of carboxylic acids is 1. The lowest BCUT2D eigenvalue weighted by Gasteiger charge is -2.15. The van der Waals surface area contributed by atoms with E-state index in [4.69, 9.17) is 10.8 Å². The van der Waals surface area contributed by atoms with Gasteiger partial charge in [-0.3, -0.25) is 0 Å². The van der Waals surface area contributed by atoms with Crippen LogP contribution in [0, 0.1) is 17.0 Å². The van der Waals surface area contributed by atoms with E-state index >= 15 is 0 Å². The molecule has 0 spiro atoms. The molecule has 18 heavy (non-hydrogen) atoms. The fourth-order valence-corrected chi connectivity index (χ4v) is 1.76. The molecule has 0 radical (unpaired) electrons. The minimum Gasteiger partial charge on any atom is -0.478 e. The van der Waals surface area contributed by atoms with Gasteiger partial charge in [-0.2, -0.15) is 0 Å². The Hall–Kier alpha value is -1.69. The van der Waals surface area contributed by atoms with Gasteiger partial charge in [0.05, 0.1) is 11.3 Å². The number of benzene rings is 1. The predicted octanol–water partition coefficient (Wildman–Crippen LogP) is 1.81. The average Bonchev–Trinajstić information content (AvgIpc) is 3.11. The summed E-state index contributed by atoms with van der Waals surface area (Å²) in [5, 5.41) is 11.4. The number of nitrogens with two attached hydrogens (primary N) is 1. The van der Waals surface area contributed by atoms with Crippen molar-refractivity contribution >= 4 is 11.7 Å². The summed E-state index contributed by atoms with van der Waals surface area (Å²) in [4.78, 5) is 10.6. The highest BCUT2D eigenvalue weighted by Gasteiger charge is 2.41. The summed E-state index contributed by atoms with van der Waals surface area (Å²) >= 11 is 0. The first-order valence-electron chi connectivity index (χ1n) is 5.64. The van der Waals surface area contributed by atoms with Crippen LogP contribution in [0.25, 0.3) is 0 Å². The van der Waals surface area contributed by atoms with Crippen LogP contribution in [0.15, 0.2) is 12.1 Å². The molecule has 0 aliphatic heterocycles. The smallest absolute Gasteiger partial charge is 0.338 e. The van der Waals surface area contributed by atoms with Crippen molar-refractivity contribution in [2.24, 2.45) is 11.1 Å². The van der Waals surface area contributed by atoms with Gasteiger partial charge >= 0.3 is 5.97 Å². The Morgan fingerprint density at radius 2 is 2.06 bits per heavy atom. The summed E-state index contributed by atoms with van der Waals surface area (Å²) in [5.74, 6) is -3.99. The number of nitrogens with one attached hydrogen (secondary N) is 1. The summed E-state index contributed by atoms with van der Waals surface area (Å²) < 4.78 is 27.0. The third-order valence-electron chi connectivity index (χ3n) is 3.36. The molecule has 1 aromatic rings. The number of hydrogen-bond acceptors (Lipinski definition) is 3. The van der Waals surface area contributed by atoms with Crippen LogP contribution in [0.5, 0.6) is 0 Å². The van der Waals surface area contributed by atoms with E-state index in [2.05, 4.69) is 5.32 Å². The lowest BCUT2D eigenvalue weighted by Crippen LogP contribution is -2.24. The number of aromatic carboxylic acids is 1. The van der Waals surface area contributed by atoms with Crippen LogP contribution >= 0.6 is 0 Å². The number of rotatable bonds is 5. The zero-order chi connectivity index (χ0) is 13.3. The summed E-state index contributed by atoms with van der Waals surface area (Å²) in [5.41, 5.74) is 4.86. The lowest BCUT2D eigenvalue weighted by molar-refractivity contribution is 0.0690. The molecule has 1 saturated carbocycles. The molecule has 0 saturated heterocycles. The number of carbonyl (C=O) groups is 1. The molecule has 4 N–H and O–H groups in total. The van der Waals surface area contributed by atoms with Gasteiger partial charge in [0.15, 0.2) is 11.6 Å². The molecular weight excluding hydrogens is 242 g/mol. The standard InChI is InChI=1S/C12H14F2N2O2/c13-9-7(11(17)18)1-2-8(10(9)14)16-6-12(5-15)3-4-12/h1-2,16H,3-6,15H2,(H,17,18). The molecular formula is C12H14F2N2O2. The van der Waals surface area contributed by atoms with Gasteiger partial charge in [-0.1, -0.05) is 0 Å². The van der Waals surface area contributed by atoms with E-state index < -0.39 is 23.2 Å². The molecule has 0 aromatic heterocycles. The van der Waals surface area contributed by atoms with Crippen molar-refractivity contribution in [2.45, 2.75) is 12.8 Å². The molecule has 0 heterocycles. The van der Waals surface area contributed by atoms with Crippen LogP contribution in [0.1, 0.15) is 23.2 Å². The third kappa shape index (κ3) is 2.28. The van der Waals surface area contributed by atoms with E-state index in [1.165, 1.54) is 6.07 Å². The van der Waals surface area contributed by atoms with Gasteiger partial charge in [-0.05, 0) is 36.9 Å². The minimum atomic E-state index is -1.49. The maximum Gasteiger partial charge on any atom is 0.338 e. The van der Waals surface area contributed by atoms with Crippen molar-refractivity contribution in [1.82, 2.24) is 0 Å². The minimum absolute atomic E-state index is 0.0195. The molecule has 1 fully saturated rings. The number of halogens is 2. The Bertz CT molecular complexity index is 487. The fourth-order valence-electron chi connectivity index (χ4n) is 1.76. The average molecular weight is 256 g/mol. The third-order valence-corrected chi connectivity index (χ3v) is 3.36. The maximum atomic E-state index is 13.6. The van der Waals surface area contributed by atoms with Gasteiger partial charge in [0.2, 0.25) is 0 Å². The van der Waals surface area contributed by atoms with Crippen molar-refractivity contribution in [2.75, 3.05) is 18.4 Å². The van der Waals surface area contributed by atoms with Crippen molar-refractivity contribution in [3.05, 3.63) is 29.3 Å². The number of anilines is 1. The van der Waals surface area contributed by atoms with E-state index in [9.17, 15) is 13.6 Å². The first kappa shape index (κ1) is 12.8. The van der Waals surface area contributed by atoms with Gasteiger partial charge in [0.1, 0.15) is 0 Å². The van der Waals surface area contributed by atoms with E-state index in [1.54, 1.807) is 0 Å². The van der Waals surface area contributed by atoms with E-state index in [-0.39, 0.29) is 11.1 Å². The summed E-state index contributed by atoms with van der Waals surface area (Å²) in [6, 6.07) is 2.28. The molecule has 0 atom stereocenters. The Balaban J connectivity index is 2.14. The molecule has 0 amide bonds. The fraction of sp³-hybridized carbons (Fsp3) is 0.417. The van der Waals surface area contributed by atoms with E-state index in [0.717, 1.165) is 18.9 Å². The molecule has 1 aliphatic carbocycles. The zero-order valence-corrected chi connectivity index (χ0v) is 9.67. The summed E-state index contributed by atoms with van der Waals surface area (Å²) in [6.07, 6.45) is 1.93. The molecule has 0 unspecified atom stereocenters. The van der Waals surface area contributed by atoms with Crippen LogP contribution in [0.2, 0.25) is 0 Å². The van der Waals surface area contributed by atoms with Gasteiger partial charge < -0.3 is 16.2 Å². The van der Waals surface area contributed by atoms with Crippen LogP contribution in [-0.2, 0) is 0 Å². The highest BCUT2D eigenvalue weighted by atomic mass is 19.2. The Morgan fingerprint density at radius 3 is 2.56 bits per heavy atom. The van der Waals surface area contributed by atoms with Crippen molar-refractivity contribution in [1.29, 1.82) is 0 Å². The Morgan fingerprint density at radius 1 is 1.39 bits per heavy atom. The van der Waals surface area contributed by atoms with Crippen molar-refractivity contribution in [3.63, 3.8) is 0 Å². The first-order valence-corrected chi connectivity index (χ1v) is 5.64. The largest absolute Gasteiger partial charge is 0.478 e. The SMILES string of the molecule is NCC1(CNc2ccc(C(=O)O)c(F)c2F)CC1. The molecule has 98 valence electrons. The maximum absolute atomic E-state index is 13.6. The Labute approximate surface area is 103 Å². The molecule has 4 nitrogen and oxygen atoms in total. The summed E-state index contributed by atoms with van der Waals surface area (Å²) in [7, 11) is 0. The quantitative estimate of drug-likeness (QED) is 0.751. The van der Waals surface area contributed by atoms with Gasteiger partial charge in [-0.25, -0.2) is 13.6 Å². The number of hydrogen-bond donors (Lipinski definition) is 3. The van der Waals surface area contributed by atoms with Crippen molar-refractivity contribution < 1.29 is 18.7 Å². The Kier molecular flexibility index (Phi) is 3.21. The second-order valence-electron chi connectivity index (χ2n) is 4.65. The molecule has 0 bridgehead atoms. The van der Waals surface area contributed by atoms with E-state index in [0.29, 0.717) is 13.1 Å². The highest BCUT2D eigenvalue weighted by Crippen LogP contribution is 2.44. The predicted molar refractivity (Wildman–Crippen MR) is 62.5 cm³/mol. The van der Waals surface area contributed by atoms with Gasteiger partial charge in [-0.15, -0.1) is 0 Å². The van der Waals surface area contributed by atoms with Crippen LogP contribution in [0.3, 0.4) is 0 Å². The first-order chi connectivity index (χ1) is 8.49. The van der Waals surface area contributed by atoms with Gasteiger partial charge in [0, 0.05) is 6.54 Å². The second kappa shape index (κ2) is 4.53. The van der Waals surface area contributed by atoms with Crippen LogP contribution in [0.4, 0.5) is 14.5 Å². The molecule has 6 heteroatoms. The lowest BCUT2D eigenvalue weighted by atomic mass is 10.1.